The number of hydrogen-bond acceptors (Lipinski definition) is 7. The number of aryl methyl sites for hydroxylation is 1. The topological polar surface area (TPSA) is 99.0 Å². The second-order valence-corrected chi connectivity index (χ2v) is 5.16. The zero-order valence-corrected chi connectivity index (χ0v) is 14.2. The monoisotopic (exact) mass is 362 g/mol. The number of rotatable bonds is 4. The first kappa shape index (κ1) is 18.8. The standard InChI is InChI=1S/C17H15FN2O6/c1-10-8-11(18)9-13(20(23)24)14(10)19-7-5-4-6-12(16(21)25-2)15(19)17(22)26-3/h4-9H,1-3H3. The first-order chi connectivity index (χ1) is 12.3. The van der Waals surface area contributed by atoms with Gasteiger partial charge >= 0.3 is 11.9 Å². The minimum absolute atomic E-state index is 0.0712. The highest BCUT2D eigenvalue weighted by molar-refractivity contribution is 6.06. The van der Waals surface area contributed by atoms with Gasteiger partial charge in [0.2, 0.25) is 0 Å². The molecule has 26 heavy (non-hydrogen) atoms. The highest BCUT2D eigenvalue weighted by Gasteiger charge is 2.32. The van der Waals surface area contributed by atoms with Crippen molar-refractivity contribution in [2.45, 2.75) is 6.92 Å². The Morgan fingerprint density at radius 3 is 2.38 bits per heavy atom. The van der Waals surface area contributed by atoms with Gasteiger partial charge in [0.15, 0.2) is 0 Å². The van der Waals surface area contributed by atoms with Gasteiger partial charge in [0, 0.05) is 6.20 Å². The van der Waals surface area contributed by atoms with E-state index < -0.39 is 28.4 Å². The fourth-order valence-corrected chi connectivity index (χ4v) is 2.51. The molecule has 0 unspecified atom stereocenters. The Bertz CT molecular complexity index is 872. The zero-order valence-electron chi connectivity index (χ0n) is 14.2. The van der Waals surface area contributed by atoms with E-state index in [0.717, 1.165) is 31.3 Å². The molecule has 1 aliphatic rings. The summed E-state index contributed by atoms with van der Waals surface area (Å²) in [5, 5.41) is 11.4. The van der Waals surface area contributed by atoms with Crippen LogP contribution >= 0.6 is 0 Å². The first-order valence-corrected chi connectivity index (χ1v) is 7.31. The average Bonchev–Trinajstić information content (AvgIpc) is 2.82. The van der Waals surface area contributed by atoms with Crippen molar-refractivity contribution in [1.82, 2.24) is 0 Å². The maximum atomic E-state index is 13.7. The Kier molecular flexibility index (Phi) is 5.51. The quantitative estimate of drug-likeness (QED) is 0.461. The molecule has 0 radical (unpaired) electrons. The van der Waals surface area contributed by atoms with Gasteiger partial charge in [0.05, 0.1) is 30.8 Å². The molecular formula is C17H15FN2O6. The number of nitro groups is 1. The van der Waals surface area contributed by atoms with Gasteiger partial charge in [-0.05, 0) is 30.7 Å². The van der Waals surface area contributed by atoms with Gasteiger partial charge in [-0.15, -0.1) is 0 Å². The molecule has 0 spiro atoms. The normalized spacial score (nSPS) is 13.5. The van der Waals surface area contributed by atoms with E-state index in [9.17, 15) is 24.1 Å². The number of nitro benzene ring substituents is 1. The van der Waals surface area contributed by atoms with E-state index in [1.807, 2.05) is 0 Å². The summed E-state index contributed by atoms with van der Waals surface area (Å²) in [5.74, 6) is -2.55. The molecule has 9 heteroatoms. The number of ether oxygens (including phenoxy) is 2. The van der Waals surface area contributed by atoms with Crippen molar-refractivity contribution in [2.75, 3.05) is 19.1 Å². The minimum Gasteiger partial charge on any atom is -0.465 e. The fraction of sp³-hybridized carbons (Fsp3) is 0.176. The molecule has 0 bridgehead atoms. The predicted octanol–water partition coefficient (Wildman–Crippen LogP) is 2.53. The summed E-state index contributed by atoms with van der Waals surface area (Å²) in [6.45, 7) is 1.45. The third kappa shape index (κ3) is 3.46. The summed E-state index contributed by atoms with van der Waals surface area (Å²) in [7, 11) is 2.24. The zero-order chi connectivity index (χ0) is 19.4. The lowest BCUT2D eigenvalue weighted by atomic mass is 10.1. The number of nitrogens with zero attached hydrogens (tertiary/aromatic N) is 2. The van der Waals surface area contributed by atoms with Crippen molar-refractivity contribution in [3.63, 3.8) is 0 Å². The molecule has 1 aromatic carbocycles. The van der Waals surface area contributed by atoms with Crippen molar-refractivity contribution < 1.29 is 28.4 Å². The van der Waals surface area contributed by atoms with Gasteiger partial charge < -0.3 is 14.4 Å². The van der Waals surface area contributed by atoms with Crippen LogP contribution in [0.15, 0.2) is 47.8 Å². The molecule has 0 aliphatic carbocycles. The lowest BCUT2D eigenvalue weighted by Gasteiger charge is -2.24. The summed E-state index contributed by atoms with van der Waals surface area (Å²) in [4.78, 5) is 36.2. The summed E-state index contributed by atoms with van der Waals surface area (Å²) in [6.07, 6.45) is 5.58. The van der Waals surface area contributed by atoms with Crippen LogP contribution in [0.5, 0.6) is 0 Å². The van der Waals surface area contributed by atoms with Crippen LogP contribution in [0.1, 0.15) is 5.56 Å². The number of benzene rings is 1. The van der Waals surface area contributed by atoms with E-state index in [-0.39, 0.29) is 22.5 Å². The van der Waals surface area contributed by atoms with Crippen LogP contribution in [-0.4, -0.2) is 31.1 Å². The van der Waals surface area contributed by atoms with Crippen molar-refractivity contribution in [3.05, 3.63) is 69.3 Å². The number of hydrogen-bond donors (Lipinski definition) is 0. The molecule has 1 aliphatic heterocycles. The SMILES string of the molecule is COC(=O)C1=C(C(=O)OC)N(c2c(C)cc(F)cc2[N+](=O)[O-])C=CC=C1. The van der Waals surface area contributed by atoms with Crippen molar-refractivity contribution in [3.8, 4) is 0 Å². The second kappa shape index (κ2) is 7.60. The molecular weight excluding hydrogens is 347 g/mol. The van der Waals surface area contributed by atoms with Crippen LogP contribution in [0, 0.1) is 22.9 Å². The number of esters is 2. The molecule has 0 saturated heterocycles. The lowest BCUT2D eigenvalue weighted by molar-refractivity contribution is -0.384. The van der Waals surface area contributed by atoms with Crippen LogP contribution in [0.3, 0.4) is 0 Å². The van der Waals surface area contributed by atoms with E-state index >= 15 is 0 Å². The molecule has 0 fully saturated rings. The van der Waals surface area contributed by atoms with E-state index in [1.165, 1.54) is 31.4 Å². The van der Waals surface area contributed by atoms with Crippen LogP contribution < -0.4 is 4.90 Å². The van der Waals surface area contributed by atoms with Crippen molar-refractivity contribution in [1.29, 1.82) is 0 Å². The second-order valence-electron chi connectivity index (χ2n) is 5.16. The van der Waals surface area contributed by atoms with Gasteiger partial charge in [-0.3, -0.25) is 10.1 Å². The van der Waals surface area contributed by atoms with Crippen molar-refractivity contribution >= 4 is 23.3 Å². The Hall–Kier alpha value is -3.49. The maximum absolute atomic E-state index is 13.7. The van der Waals surface area contributed by atoms with E-state index in [2.05, 4.69) is 4.74 Å². The molecule has 136 valence electrons. The predicted molar refractivity (Wildman–Crippen MR) is 89.6 cm³/mol. The van der Waals surface area contributed by atoms with E-state index in [4.69, 9.17) is 4.74 Å². The molecule has 2 rings (SSSR count). The summed E-state index contributed by atoms with van der Waals surface area (Å²) in [6, 6.07) is 1.82. The Labute approximate surface area is 147 Å². The largest absolute Gasteiger partial charge is 0.465 e. The minimum atomic E-state index is -0.917. The van der Waals surface area contributed by atoms with Crippen molar-refractivity contribution in [2.24, 2.45) is 0 Å². The Morgan fingerprint density at radius 2 is 1.81 bits per heavy atom. The van der Waals surface area contributed by atoms with Gasteiger partial charge in [-0.1, -0.05) is 6.08 Å². The van der Waals surface area contributed by atoms with Crippen LogP contribution in [0.25, 0.3) is 0 Å². The summed E-state index contributed by atoms with van der Waals surface area (Å²) in [5.41, 5.74) is -0.906. The lowest BCUT2D eigenvalue weighted by Crippen LogP contribution is -2.28. The molecule has 0 aromatic heterocycles. The van der Waals surface area contributed by atoms with Gasteiger partial charge in [0.1, 0.15) is 17.2 Å². The van der Waals surface area contributed by atoms with E-state index in [1.54, 1.807) is 0 Å². The number of carbonyl (C=O) groups excluding carboxylic acids is 2. The summed E-state index contributed by atoms with van der Waals surface area (Å²) < 4.78 is 23.1. The Balaban J connectivity index is 2.84. The highest BCUT2D eigenvalue weighted by Crippen LogP contribution is 2.37. The number of allylic oxidation sites excluding steroid dienone is 2. The van der Waals surface area contributed by atoms with Gasteiger partial charge in [-0.2, -0.15) is 0 Å². The third-order valence-electron chi connectivity index (χ3n) is 3.57. The molecule has 0 amide bonds. The van der Waals surface area contributed by atoms with Crippen LogP contribution in [-0.2, 0) is 19.1 Å². The van der Waals surface area contributed by atoms with Crippen LogP contribution in [0.2, 0.25) is 0 Å². The van der Waals surface area contributed by atoms with Gasteiger partial charge in [-0.25, -0.2) is 14.0 Å². The van der Waals surface area contributed by atoms with Crippen LogP contribution in [0.4, 0.5) is 15.8 Å². The van der Waals surface area contributed by atoms with E-state index in [0.29, 0.717) is 0 Å². The third-order valence-corrected chi connectivity index (χ3v) is 3.57. The maximum Gasteiger partial charge on any atom is 0.355 e. The molecule has 0 atom stereocenters. The van der Waals surface area contributed by atoms with Gasteiger partial charge in [0.25, 0.3) is 5.69 Å². The number of carbonyl (C=O) groups is 2. The highest BCUT2D eigenvalue weighted by atomic mass is 19.1. The first-order valence-electron chi connectivity index (χ1n) is 7.31. The smallest absolute Gasteiger partial charge is 0.355 e. The molecule has 8 nitrogen and oxygen atoms in total. The Morgan fingerprint density at radius 1 is 1.15 bits per heavy atom. The summed E-state index contributed by atoms with van der Waals surface area (Å²) >= 11 is 0. The molecule has 1 aromatic rings. The average molecular weight is 362 g/mol. The number of anilines is 1. The molecule has 0 N–H and O–H groups in total. The molecule has 0 saturated carbocycles. The fourth-order valence-electron chi connectivity index (χ4n) is 2.51. The number of halogens is 1. The molecule has 1 heterocycles. The number of methoxy groups -OCH3 is 2.